The summed E-state index contributed by atoms with van der Waals surface area (Å²) in [4.78, 5) is 12.9. The van der Waals surface area contributed by atoms with Gasteiger partial charge in [0.2, 0.25) is 9.97 Å². The second-order valence-corrected chi connectivity index (χ2v) is 6.74. The summed E-state index contributed by atoms with van der Waals surface area (Å²) in [5.74, 6) is 1.99. The van der Waals surface area contributed by atoms with Crippen molar-refractivity contribution >= 4 is 22.2 Å². The van der Waals surface area contributed by atoms with Crippen molar-refractivity contribution in [3.8, 4) is 5.75 Å². The Labute approximate surface area is 142 Å². The van der Waals surface area contributed by atoms with Crippen LogP contribution in [0.2, 0.25) is 0 Å². The maximum atomic E-state index is 12.3. The minimum atomic E-state index is -0.166. The van der Waals surface area contributed by atoms with Crippen LogP contribution in [0.3, 0.4) is 0 Å². The standard InChI is InChI=1S/C16H17N5O2S/c1-23-12-6-2-10(3-7-12)8-9-17-14(22)15-20-21-13(11-4-5-11)18-19-16(21)24-15/h2-3,6-7,11H,4-5,8-9H2,1H3,(H,17,22). The summed E-state index contributed by atoms with van der Waals surface area (Å²) < 4.78 is 6.84. The van der Waals surface area contributed by atoms with Gasteiger partial charge in [0.1, 0.15) is 5.75 Å². The minimum Gasteiger partial charge on any atom is -0.497 e. The first-order valence-corrected chi connectivity index (χ1v) is 8.69. The molecule has 0 unspecified atom stereocenters. The number of aromatic nitrogens is 4. The van der Waals surface area contributed by atoms with Crippen molar-refractivity contribution in [1.29, 1.82) is 0 Å². The molecular weight excluding hydrogens is 326 g/mol. The Balaban J connectivity index is 1.37. The first-order chi connectivity index (χ1) is 11.7. The van der Waals surface area contributed by atoms with Crippen molar-refractivity contribution in [2.75, 3.05) is 13.7 Å². The molecule has 1 fully saturated rings. The second kappa shape index (κ2) is 6.20. The molecule has 0 atom stereocenters. The average molecular weight is 343 g/mol. The van der Waals surface area contributed by atoms with Crippen LogP contribution in [0, 0.1) is 0 Å². The molecule has 2 aromatic heterocycles. The minimum absolute atomic E-state index is 0.166. The first-order valence-electron chi connectivity index (χ1n) is 7.88. The summed E-state index contributed by atoms with van der Waals surface area (Å²) in [5.41, 5.74) is 1.14. The third kappa shape index (κ3) is 2.96. The maximum absolute atomic E-state index is 12.3. The molecule has 2 heterocycles. The van der Waals surface area contributed by atoms with Crippen LogP contribution in [0.5, 0.6) is 5.75 Å². The fourth-order valence-corrected chi connectivity index (χ4v) is 3.27. The number of nitrogens with one attached hydrogen (secondary N) is 1. The Morgan fingerprint density at radius 1 is 1.33 bits per heavy atom. The van der Waals surface area contributed by atoms with E-state index in [0.29, 0.717) is 22.4 Å². The van der Waals surface area contributed by atoms with E-state index in [1.807, 2.05) is 24.3 Å². The van der Waals surface area contributed by atoms with Crippen LogP contribution in [-0.4, -0.2) is 39.4 Å². The molecule has 1 aliphatic carbocycles. The van der Waals surface area contributed by atoms with Gasteiger partial charge in [-0.1, -0.05) is 23.5 Å². The van der Waals surface area contributed by atoms with E-state index in [2.05, 4.69) is 20.6 Å². The fourth-order valence-electron chi connectivity index (χ4n) is 2.51. The van der Waals surface area contributed by atoms with Gasteiger partial charge in [0.25, 0.3) is 5.91 Å². The number of rotatable bonds is 6. The zero-order valence-corrected chi connectivity index (χ0v) is 14.0. The van der Waals surface area contributed by atoms with Crippen LogP contribution in [-0.2, 0) is 6.42 Å². The summed E-state index contributed by atoms with van der Waals surface area (Å²) in [5, 5.41) is 16.0. The predicted octanol–water partition coefficient (Wildman–Crippen LogP) is 2.04. The smallest absolute Gasteiger partial charge is 0.282 e. The van der Waals surface area contributed by atoms with Crippen molar-refractivity contribution in [2.45, 2.75) is 25.2 Å². The van der Waals surface area contributed by atoms with Crippen molar-refractivity contribution in [1.82, 2.24) is 25.1 Å². The number of amides is 1. The third-order valence-corrected chi connectivity index (χ3v) is 4.91. The predicted molar refractivity (Wildman–Crippen MR) is 89.7 cm³/mol. The van der Waals surface area contributed by atoms with Gasteiger partial charge < -0.3 is 10.1 Å². The summed E-state index contributed by atoms with van der Waals surface area (Å²) in [6.07, 6.45) is 3.01. The molecule has 1 aromatic carbocycles. The lowest BCUT2D eigenvalue weighted by molar-refractivity contribution is 0.0952. The molecular formula is C16H17N5O2S. The molecule has 0 bridgehead atoms. The zero-order chi connectivity index (χ0) is 16.5. The largest absolute Gasteiger partial charge is 0.497 e. The van der Waals surface area contributed by atoms with E-state index in [1.54, 1.807) is 11.6 Å². The van der Waals surface area contributed by atoms with Crippen LogP contribution in [0.15, 0.2) is 24.3 Å². The average Bonchev–Trinajstić information content (AvgIpc) is 3.23. The number of hydrogen-bond donors (Lipinski definition) is 1. The number of ether oxygens (including phenoxy) is 1. The number of benzene rings is 1. The quantitative estimate of drug-likeness (QED) is 0.741. The molecule has 124 valence electrons. The Morgan fingerprint density at radius 2 is 2.12 bits per heavy atom. The molecule has 0 spiro atoms. The van der Waals surface area contributed by atoms with Crippen molar-refractivity contribution in [2.24, 2.45) is 0 Å². The lowest BCUT2D eigenvalue weighted by Gasteiger charge is -2.04. The van der Waals surface area contributed by atoms with E-state index in [9.17, 15) is 4.79 Å². The molecule has 1 aliphatic rings. The molecule has 1 N–H and O–H groups in total. The van der Waals surface area contributed by atoms with Crippen LogP contribution in [0.4, 0.5) is 0 Å². The van der Waals surface area contributed by atoms with Gasteiger partial charge in [-0.2, -0.15) is 4.52 Å². The Kier molecular flexibility index (Phi) is 3.89. The number of methoxy groups -OCH3 is 1. The molecule has 0 radical (unpaired) electrons. The molecule has 8 heteroatoms. The molecule has 24 heavy (non-hydrogen) atoms. The maximum Gasteiger partial charge on any atom is 0.282 e. The van der Waals surface area contributed by atoms with Crippen LogP contribution in [0.1, 0.15) is 39.9 Å². The number of fused-ring (bicyclic) bond motifs is 1. The summed E-state index contributed by atoms with van der Waals surface area (Å²) in [6, 6.07) is 7.82. The SMILES string of the molecule is COc1ccc(CCNC(=O)c2nn3c(C4CC4)nnc3s2)cc1. The highest BCUT2D eigenvalue weighted by Gasteiger charge is 2.30. The molecule has 7 nitrogen and oxygen atoms in total. The molecule has 0 aliphatic heterocycles. The normalized spacial score (nSPS) is 14.0. The van der Waals surface area contributed by atoms with Crippen LogP contribution < -0.4 is 10.1 Å². The highest BCUT2D eigenvalue weighted by molar-refractivity contribution is 7.18. The Morgan fingerprint density at radius 3 is 2.83 bits per heavy atom. The van der Waals surface area contributed by atoms with E-state index in [-0.39, 0.29) is 5.91 Å². The van der Waals surface area contributed by atoms with Gasteiger partial charge in [-0.3, -0.25) is 4.79 Å². The van der Waals surface area contributed by atoms with Crippen LogP contribution in [0.25, 0.3) is 4.96 Å². The number of hydrogen-bond acceptors (Lipinski definition) is 6. The van der Waals surface area contributed by atoms with Gasteiger partial charge in [0.15, 0.2) is 5.82 Å². The monoisotopic (exact) mass is 343 g/mol. The number of nitrogens with zero attached hydrogens (tertiary/aromatic N) is 4. The number of carbonyl (C=O) groups excluding carboxylic acids is 1. The molecule has 0 saturated heterocycles. The van der Waals surface area contributed by atoms with Crippen molar-refractivity contribution in [3.05, 3.63) is 40.7 Å². The highest BCUT2D eigenvalue weighted by atomic mass is 32.1. The molecule has 1 amide bonds. The van der Waals surface area contributed by atoms with E-state index in [0.717, 1.165) is 36.4 Å². The highest BCUT2D eigenvalue weighted by Crippen LogP contribution is 2.39. The fraction of sp³-hybridized carbons (Fsp3) is 0.375. The Bertz CT molecular complexity index is 866. The molecule has 3 aromatic rings. The molecule has 1 saturated carbocycles. The van der Waals surface area contributed by atoms with Crippen molar-refractivity contribution in [3.63, 3.8) is 0 Å². The lowest BCUT2D eigenvalue weighted by Crippen LogP contribution is -2.25. The van der Waals surface area contributed by atoms with Crippen LogP contribution >= 0.6 is 11.3 Å². The number of carbonyl (C=O) groups is 1. The van der Waals surface area contributed by atoms with Gasteiger partial charge >= 0.3 is 0 Å². The third-order valence-electron chi connectivity index (χ3n) is 4.01. The van der Waals surface area contributed by atoms with Crippen molar-refractivity contribution < 1.29 is 9.53 Å². The Hall–Kier alpha value is -2.48. The summed E-state index contributed by atoms with van der Waals surface area (Å²) >= 11 is 1.27. The first kappa shape index (κ1) is 15.1. The van der Waals surface area contributed by atoms with Gasteiger partial charge in [-0.05, 0) is 37.0 Å². The lowest BCUT2D eigenvalue weighted by atomic mass is 10.1. The van der Waals surface area contributed by atoms with E-state index in [4.69, 9.17) is 4.74 Å². The van der Waals surface area contributed by atoms with E-state index < -0.39 is 0 Å². The zero-order valence-electron chi connectivity index (χ0n) is 13.2. The second-order valence-electron chi connectivity index (χ2n) is 5.79. The van der Waals surface area contributed by atoms with E-state index >= 15 is 0 Å². The van der Waals surface area contributed by atoms with E-state index in [1.165, 1.54) is 11.3 Å². The van der Waals surface area contributed by atoms with Gasteiger partial charge in [-0.25, -0.2) is 0 Å². The van der Waals surface area contributed by atoms with Gasteiger partial charge in [-0.15, -0.1) is 15.3 Å². The molecule has 4 rings (SSSR count). The van der Waals surface area contributed by atoms with Gasteiger partial charge in [0, 0.05) is 12.5 Å². The van der Waals surface area contributed by atoms with Gasteiger partial charge in [0.05, 0.1) is 7.11 Å². The summed E-state index contributed by atoms with van der Waals surface area (Å²) in [7, 11) is 1.64. The summed E-state index contributed by atoms with van der Waals surface area (Å²) in [6.45, 7) is 0.556. The topological polar surface area (TPSA) is 81.4 Å².